The van der Waals surface area contributed by atoms with Gasteiger partial charge in [0, 0.05) is 24.9 Å². The molecule has 1 heterocycles. The van der Waals surface area contributed by atoms with Crippen molar-refractivity contribution in [3.05, 3.63) is 18.2 Å². The number of hydrogen-bond donors (Lipinski definition) is 1. The fourth-order valence-corrected chi connectivity index (χ4v) is 1.47. The minimum atomic E-state index is -3.56. The summed E-state index contributed by atoms with van der Waals surface area (Å²) in [6.07, 6.45) is -3.56. The second-order valence-electron chi connectivity index (χ2n) is 3.45. The van der Waals surface area contributed by atoms with Gasteiger partial charge in [0.2, 0.25) is 0 Å². The molecule has 1 aliphatic heterocycles. The highest BCUT2D eigenvalue weighted by Crippen LogP contribution is 2.42. The second-order valence-corrected chi connectivity index (χ2v) is 3.45. The maximum atomic E-state index is 12.7. The lowest BCUT2D eigenvalue weighted by atomic mass is 10.3. The normalized spacial score (nSPS) is 15.9. The van der Waals surface area contributed by atoms with E-state index in [1.54, 1.807) is 6.07 Å². The van der Waals surface area contributed by atoms with Gasteiger partial charge in [0.1, 0.15) is 0 Å². The van der Waals surface area contributed by atoms with Crippen LogP contribution in [0.3, 0.4) is 0 Å². The zero-order valence-electron chi connectivity index (χ0n) is 9.33. The van der Waals surface area contributed by atoms with E-state index in [1.807, 2.05) is 6.92 Å². The molecule has 0 fully saturated rings. The zero-order chi connectivity index (χ0) is 12.3. The molecule has 0 spiro atoms. The lowest BCUT2D eigenvalue weighted by Crippen LogP contribution is -2.25. The summed E-state index contributed by atoms with van der Waals surface area (Å²) in [5.41, 5.74) is 0.685. The predicted octanol–water partition coefficient (Wildman–Crippen LogP) is 2.46. The van der Waals surface area contributed by atoms with E-state index in [2.05, 4.69) is 14.8 Å². The van der Waals surface area contributed by atoms with Crippen molar-refractivity contribution in [2.75, 3.05) is 25.1 Å². The second kappa shape index (κ2) is 4.75. The number of fused-ring (bicyclic) bond motifs is 1. The Labute approximate surface area is 97.5 Å². The molecule has 0 saturated heterocycles. The Bertz CT molecular complexity index is 398. The number of benzene rings is 1. The summed E-state index contributed by atoms with van der Waals surface area (Å²) in [6.45, 7) is 3.71. The fourth-order valence-electron chi connectivity index (χ4n) is 1.47. The molecular weight excluding hydrogens is 232 g/mol. The van der Waals surface area contributed by atoms with Gasteiger partial charge in [-0.3, -0.25) is 0 Å². The third-order valence-corrected chi connectivity index (χ3v) is 2.18. The molecule has 0 saturated carbocycles. The van der Waals surface area contributed by atoms with Crippen molar-refractivity contribution in [1.82, 2.24) is 0 Å². The molecule has 0 unspecified atom stereocenters. The van der Waals surface area contributed by atoms with Crippen LogP contribution in [0.15, 0.2) is 18.2 Å². The molecule has 6 heteroatoms. The minimum absolute atomic E-state index is 0.0383. The molecule has 2 rings (SSSR count). The average molecular weight is 245 g/mol. The Morgan fingerprint density at radius 1 is 1.29 bits per heavy atom. The average Bonchev–Trinajstić information content (AvgIpc) is 2.57. The van der Waals surface area contributed by atoms with Crippen molar-refractivity contribution in [2.24, 2.45) is 0 Å². The van der Waals surface area contributed by atoms with Crippen LogP contribution in [0.1, 0.15) is 6.92 Å². The first-order valence-corrected chi connectivity index (χ1v) is 5.32. The molecule has 0 radical (unpaired) electrons. The van der Waals surface area contributed by atoms with Crippen LogP contribution in [0, 0.1) is 0 Å². The maximum Gasteiger partial charge on any atom is 0.586 e. The molecule has 1 aromatic carbocycles. The standard InChI is InChI=1S/C11H13F2NO3/c1-2-15-6-5-14-8-3-4-9-10(7-8)17-11(12,13)16-9/h3-4,7,14H,2,5-6H2,1H3. The van der Waals surface area contributed by atoms with Gasteiger partial charge in [0.05, 0.1) is 6.61 Å². The van der Waals surface area contributed by atoms with E-state index in [9.17, 15) is 8.78 Å². The van der Waals surface area contributed by atoms with Crippen LogP contribution >= 0.6 is 0 Å². The number of hydrogen-bond acceptors (Lipinski definition) is 4. The summed E-state index contributed by atoms with van der Waals surface area (Å²) >= 11 is 0. The Morgan fingerprint density at radius 2 is 2.06 bits per heavy atom. The topological polar surface area (TPSA) is 39.7 Å². The Kier molecular flexibility index (Phi) is 3.33. The van der Waals surface area contributed by atoms with Crippen LogP contribution in [0.2, 0.25) is 0 Å². The van der Waals surface area contributed by atoms with E-state index in [-0.39, 0.29) is 11.5 Å². The lowest BCUT2D eigenvalue weighted by Gasteiger charge is -2.06. The SMILES string of the molecule is CCOCCNc1ccc2c(c1)OC(F)(F)O2. The summed E-state index contributed by atoms with van der Waals surface area (Å²) in [6, 6.07) is 4.57. The molecule has 0 aliphatic carbocycles. The highest BCUT2D eigenvalue weighted by Gasteiger charge is 2.43. The van der Waals surface area contributed by atoms with Crippen LogP contribution in [-0.4, -0.2) is 26.1 Å². The molecule has 4 nitrogen and oxygen atoms in total. The zero-order valence-corrected chi connectivity index (χ0v) is 9.33. The first kappa shape index (κ1) is 11.9. The van der Waals surface area contributed by atoms with E-state index in [0.717, 1.165) is 0 Å². The highest BCUT2D eigenvalue weighted by molar-refractivity contribution is 5.55. The van der Waals surface area contributed by atoms with Crippen molar-refractivity contribution >= 4 is 5.69 Å². The Hall–Kier alpha value is -1.56. The van der Waals surface area contributed by atoms with Gasteiger partial charge < -0.3 is 19.5 Å². The summed E-state index contributed by atoms with van der Waals surface area (Å²) in [4.78, 5) is 0. The number of rotatable bonds is 5. The van der Waals surface area contributed by atoms with Crippen molar-refractivity contribution in [1.29, 1.82) is 0 Å². The first-order valence-electron chi connectivity index (χ1n) is 5.32. The highest BCUT2D eigenvalue weighted by atomic mass is 19.3. The molecule has 0 aromatic heterocycles. The summed E-state index contributed by atoms with van der Waals surface area (Å²) in [5, 5.41) is 3.03. The van der Waals surface area contributed by atoms with Gasteiger partial charge in [0.25, 0.3) is 0 Å². The molecule has 0 bridgehead atoms. The molecule has 1 N–H and O–H groups in total. The summed E-state index contributed by atoms with van der Waals surface area (Å²) < 4.78 is 39.2. The van der Waals surface area contributed by atoms with E-state index in [1.165, 1.54) is 12.1 Å². The van der Waals surface area contributed by atoms with Crippen molar-refractivity contribution in [2.45, 2.75) is 13.2 Å². The molecule has 0 amide bonds. The van der Waals surface area contributed by atoms with E-state index < -0.39 is 6.29 Å². The van der Waals surface area contributed by atoms with Crippen LogP contribution in [-0.2, 0) is 4.74 Å². The monoisotopic (exact) mass is 245 g/mol. The number of nitrogens with one attached hydrogen (secondary N) is 1. The number of halogens is 2. The minimum Gasteiger partial charge on any atom is -0.395 e. The molecular formula is C11H13F2NO3. The summed E-state index contributed by atoms with van der Waals surface area (Å²) in [5.74, 6) is 0.0850. The smallest absolute Gasteiger partial charge is 0.395 e. The van der Waals surface area contributed by atoms with Gasteiger partial charge >= 0.3 is 6.29 Å². The molecule has 1 aliphatic rings. The quantitative estimate of drug-likeness (QED) is 0.809. The number of anilines is 1. The number of ether oxygens (including phenoxy) is 3. The Morgan fingerprint density at radius 3 is 2.82 bits per heavy atom. The van der Waals surface area contributed by atoms with Gasteiger partial charge in [-0.15, -0.1) is 8.78 Å². The van der Waals surface area contributed by atoms with E-state index in [4.69, 9.17) is 4.74 Å². The third-order valence-electron chi connectivity index (χ3n) is 2.18. The Balaban J connectivity index is 1.94. The van der Waals surface area contributed by atoms with E-state index in [0.29, 0.717) is 25.4 Å². The van der Waals surface area contributed by atoms with Crippen LogP contribution in [0.4, 0.5) is 14.5 Å². The number of alkyl halides is 2. The van der Waals surface area contributed by atoms with Crippen molar-refractivity contribution in [3.8, 4) is 11.5 Å². The van der Waals surface area contributed by atoms with Crippen molar-refractivity contribution in [3.63, 3.8) is 0 Å². The molecule has 0 atom stereocenters. The van der Waals surface area contributed by atoms with Gasteiger partial charge in [-0.25, -0.2) is 0 Å². The van der Waals surface area contributed by atoms with Gasteiger partial charge in [-0.1, -0.05) is 0 Å². The molecule has 17 heavy (non-hydrogen) atoms. The predicted molar refractivity (Wildman–Crippen MR) is 57.6 cm³/mol. The summed E-state index contributed by atoms with van der Waals surface area (Å²) in [7, 11) is 0. The van der Waals surface area contributed by atoms with Crippen LogP contribution in [0.5, 0.6) is 11.5 Å². The third kappa shape index (κ3) is 2.97. The lowest BCUT2D eigenvalue weighted by molar-refractivity contribution is -0.286. The van der Waals surface area contributed by atoms with Crippen LogP contribution in [0.25, 0.3) is 0 Å². The first-order chi connectivity index (χ1) is 8.11. The fraction of sp³-hybridized carbons (Fsp3) is 0.455. The molecule has 94 valence electrons. The van der Waals surface area contributed by atoms with Gasteiger partial charge in [-0.05, 0) is 19.1 Å². The maximum absolute atomic E-state index is 12.7. The van der Waals surface area contributed by atoms with Gasteiger partial charge in [-0.2, -0.15) is 0 Å². The van der Waals surface area contributed by atoms with E-state index >= 15 is 0 Å². The van der Waals surface area contributed by atoms with Crippen molar-refractivity contribution < 1.29 is 23.0 Å². The van der Waals surface area contributed by atoms with Crippen LogP contribution < -0.4 is 14.8 Å². The largest absolute Gasteiger partial charge is 0.586 e. The molecule has 1 aromatic rings. The van der Waals surface area contributed by atoms with Gasteiger partial charge in [0.15, 0.2) is 11.5 Å².